The highest BCUT2D eigenvalue weighted by Gasteiger charge is 2.31. The molecule has 0 heterocycles. The van der Waals surface area contributed by atoms with Crippen LogP contribution < -0.4 is 10.2 Å². The second kappa shape index (κ2) is 5.54. The molecule has 2 rings (SSSR count). The van der Waals surface area contributed by atoms with Crippen molar-refractivity contribution in [2.24, 2.45) is 5.92 Å². The number of anilines is 1. The summed E-state index contributed by atoms with van der Waals surface area (Å²) in [5.74, 6) is 0.897. The fourth-order valence-electron chi connectivity index (χ4n) is 2.48. The maximum Gasteiger partial charge on any atom is 0.0411 e. The lowest BCUT2D eigenvalue weighted by atomic mass is 10.1. The normalized spacial score (nSPS) is 17.3. The Morgan fingerprint density at radius 2 is 1.89 bits per heavy atom. The van der Waals surface area contributed by atoms with Gasteiger partial charge < -0.3 is 10.2 Å². The topological polar surface area (TPSA) is 15.3 Å². The largest absolute Gasteiger partial charge is 0.371 e. The zero-order chi connectivity index (χ0) is 14.0. The average Bonchev–Trinajstić information content (AvgIpc) is 3.18. The van der Waals surface area contributed by atoms with Gasteiger partial charge >= 0.3 is 0 Å². The highest BCUT2D eigenvalue weighted by molar-refractivity contribution is 5.54. The van der Waals surface area contributed by atoms with Crippen LogP contribution >= 0.6 is 0 Å². The Kier molecular flexibility index (Phi) is 4.19. The molecule has 1 atom stereocenters. The van der Waals surface area contributed by atoms with E-state index in [-0.39, 0.29) is 5.54 Å². The third-order valence-corrected chi connectivity index (χ3v) is 4.10. The monoisotopic (exact) mass is 260 g/mol. The third kappa shape index (κ3) is 3.97. The van der Waals surface area contributed by atoms with Crippen LogP contribution in [-0.2, 0) is 6.54 Å². The molecular formula is C17H28N2. The molecule has 1 N–H and O–H groups in total. The van der Waals surface area contributed by atoms with Crippen LogP contribution in [0.4, 0.5) is 5.69 Å². The van der Waals surface area contributed by atoms with Crippen molar-refractivity contribution in [2.45, 2.75) is 58.7 Å². The van der Waals surface area contributed by atoms with Crippen LogP contribution in [0, 0.1) is 5.92 Å². The Bertz CT molecular complexity index is 416. The van der Waals surface area contributed by atoms with Gasteiger partial charge in [-0.15, -0.1) is 0 Å². The van der Waals surface area contributed by atoms with Crippen LogP contribution in [-0.4, -0.2) is 18.6 Å². The fraction of sp³-hybridized carbons (Fsp3) is 0.647. The predicted octanol–water partition coefficient (Wildman–Crippen LogP) is 3.81. The van der Waals surface area contributed by atoms with Crippen molar-refractivity contribution in [3.8, 4) is 0 Å². The molecule has 2 heteroatoms. The van der Waals surface area contributed by atoms with E-state index in [1.54, 1.807) is 0 Å². The molecule has 1 saturated carbocycles. The molecule has 1 aliphatic carbocycles. The number of nitrogens with one attached hydrogen (secondary N) is 1. The second-order valence-electron chi connectivity index (χ2n) is 6.92. The molecule has 0 spiro atoms. The first kappa shape index (κ1) is 14.4. The number of para-hydroxylation sites is 1. The Morgan fingerprint density at radius 1 is 1.26 bits per heavy atom. The van der Waals surface area contributed by atoms with Crippen LogP contribution in [0.15, 0.2) is 24.3 Å². The van der Waals surface area contributed by atoms with Crippen molar-refractivity contribution in [3.63, 3.8) is 0 Å². The molecule has 0 bridgehead atoms. The molecule has 0 aliphatic heterocycles. The quantitative estimate of drug-likeness (QED) is 0.866. The molecule has 0 saturated heterocycles. The minimum atomic E-state index is 0.161. The molecular weight excluding hydrogens is 232 g/mol. The van der Waals surface area contributed by atoms with Crippen LogP contribution in [0.1, 0.15) is 46.1 Å². The number of benzene rings is 1. The minimum absolute atomic E-state index is 0.161. The van der Waals surface area contributed by atoms with E-state index in [4.69, 9.17) is 0 Å². The number of nitrogens with zero attached hydrogens (tertiary/aromatic N) is 1. The van der Waals surface area contributed by atoms with Crippen LogP contribution in [0.2, 0.25) is 0 Å². The van der Waals surface area contributed by atoms with Gasteiger partial charge in [0.25, 0.3) is 0 Å². The molecule has 1 aliphatic rings. The lowest BCUT2D eigenvalue weighted by Crippen LogP contribution is -2.36. The SMILES string of the molecule is CC(C1CC1)N(C)c1ccccc1CNC(C)(C)C. The second-order valence-corrected chi connectivity index (χ2v) is 6.92. The molecule has 0 aromatic heterocycles. The van der Waals surface area contributed by atoms with Gasteiger partial charge in [0.1, 0.15) is 0 Å². The van der Waals surface area contributed by atoms with E-state index in [1.807, 2.05) is 0 Å². The Balaban J connectivity index is 2.10. The van der Waals surface area contributed by atoms with E-state index in [0.29, 0.717) is 6.04 Å². The minimum Gasteiger partial charge on any atom is -0.371 e. The summed E-state index contributed by atoms with van der Waals surface area (Å²) < 4.78 is 0. The summed E-state index contributed by atoms with van der Waals surface area (Å²) in [5.41, 5.74) is 2.93. The van der Waals surface area contributed by atoms with E-state index in [9.17, 15) is 0 Å². The van der Waals surface area contributed by atoms with E-state index >= 15 is 0 Å². The first-order valence-electron chi connectivity index (χ1n) is 7.44. The summed E-state index contributed by atoms with van der Waals surface area (Å²) in [6, 6.07) is 9.42. The number of rotatable bonds is 5. The summed E-state index contributed by atoms with van der Waals surface area (Å²) >= 11 is 0. The molecule has 2 nitrogen and oxygen atoms in total. The lowest BCUT2D eigenvalue weighted by Gasteiger charge is -2.30. The summed E-state index contributed by atoms with van der Waals surface area (Å²) in [7, 11) is 2.24. The average molecular weight is 260 g/mol. The maximum atomic E-state index is 3.59. The molecule has 1 aromatic carbocycles. The molecule has 1 fully saturated rings. The van der Waals surface area contributed by atoms with Crippen molar-refractivity contribution < 1.29 is 0 Å². The Labute approximate surface area is 118 Å². The van der Waals surface area contributed by atoms with E-state index < -0.39 is 0 Å². The smallest absolute Gasteiger partial charge is 0.0411 e. The van der Waals surface area contributed by atoms with Crippen molar-refractivity contribution in [2.75, 3.05) is 11.9 Å². The predicted molar refractivity (Wildman–Crippen MR) is 83.6 cm³/mol. The van der Waals surface area contributed by atoms with E-state index in [0.717, 1.165) is 12.5 Å². The van der Waals surface area contributed by atoms with Gasteiger partial charge in [0, 0.05) is 30.9 Å². The number of hydrogen-bond donors (Lipinski definition) is 1. The van der Waals surface area contributed by atoms with Crippen LogP contribution in [0.3, 0.4) is 0 Å². The van der Waals surface area contributed by atoms with Crippen molar-refractivity contribution in [3.05, 3.63) is 29.8 Å². The highest BCUT2D eigenvalue weighted by Crippen LogP contribution is 2.36. The standard InChI is InChI=1S/C17H28N2/c1-13(14-10-11-14)19(5)16-9-7-6-8-15(16)12-18-17(2,3)4/h6-9,13-14,18H,10-12H2,1-5H3. The van der Waals surface area contributed by atoms with Gasteiger partial charge in [-0.1, -0.05) is 18.2 Å². The molecule has 19 heavy (non-hydrogen) atoms. The van der Waals surface area contributed by atoms with Gasteiger partial charge in [0.15, 0.2) is 0 Å². The molecule has 106 valence electrons. The third-order valence-electron chi connectivity index (χ3n) is 4.10. The fourth-order valence-corrected chi connectivity index (χ4v) is 2.48. The maximum absolute atomic E-state index is 3.59. The Morgan fingerprint density at radius 3 is 2.47 bits per heavy atom. The molecule has 1 aromatic rings. The van der Waals surface area contributed by atoms with Gasteiger partial charge in [-0.2, -0.15) is 0 Å². The highest BCUT2D eigenvalue weighted by atomic mass is 15.1. The van der Waals surface area contributed by atoms with Crippen LogP contribution in [0.5, 0.6) is 0 Å². The van der Waals surface area contributed by atoms with Crippen molar-refractivity contribution in [1.82, 2.24) is 5.32 Å². The van der Waals surface area contributed by atoms with E-state index in [2.05, 4.69) is 69.2 Å². The summed E-state index contributed by atoms with van der Waals surface area (Å²) in [4.78, 5) is 2.46. The zero-order valence-electron chi connectivity index (χ0n) is 13.0. The first-order valence-corrected chi connectivity index (χ1v) is 7.44. The molecule has 1 unspecified atom stereocenters. The molecule has 0 radical (unpaired) electrons. The first-order chi connectivity index (χ1) is 8.88. The van der Waals surface area contributed by atoms with Gasteiger partial charge in [0.2, 0.25) is 0 Å². The van der Waals surface area contributed by atoms with Gasteiger partial charge in [-0.25, -0.2) is 0 Å². The number of hydrogen-bond acceptors (Lipinski definition) is 2. The van der Waals surface area contributed by atoms with Gasteiger partial charge in [-0.05, 0) is 58.1 Å². The van der Waals surface area contributed by atoms with Gasteiger partial charge in [-0.3, -0.25) is 0 Å². The summed E-state index contributed by atoms with van der Waals surface area (Å²) in [5, 5.41) is 3.59. The van der Waals surface area contributed by atoms with Gasteiger partial charge in [0.05, 0.1) is 0 Å². The van der Waals surface area contributed by atoms with Crippen molar-refractivity contribution in [1.29, 1.82) is 0 Å². The van der Waals surface area contributed by atoms with Crippen molar-refractivity contribution >= 4 is 5.69 Å². The summed E-state index contributed by atoms with van der Waals surface area (Å²) in [6.07, 6.45) is 2.79. The lowest BCUT2D eigenvalue weighted by molar-refractivity contribution is 0.424. The summed E-state index contributed by atoms with van der Waals surface area (Å²) in [6.45, 7) is 9.93. The van der Waals surface area contributed by atoms with E-state index in [1.165, 1.54) is 24.1 Å². The van der Waals surface area contributed by atoms with Crippen LogP contribution in [0.25, 0.3) is 0 Å². The molecule has 0 amide bonds. The zero-order valence-corrected chi connectivity index (χ0v) is 13.0. The Hall–Kier alpha value is -1.02.